The van der Waals surface area contributed by atoms with Gasteiger partial charge < -0.3 is 9.67 Å². The van der Waals surface area contributed by atoms with Gasteiger partial charge in [-0.25, -0.2) is 0 Å². The summed E-state index contributed by atoms with van der Waals surface area (Å²) < 4.78 is 10.9. The van der Waals surface area contributed by atoms with E-state index in [4.69, 9.17) is 5.11 Å². The molecular formula is C5H13O2P. The molecule has 0 radical (unpaired) electrons. The van der Waals surface area contributed by atoms with E-state index in [2.05, 4.69) is 0 Å². The van der Waals surface area contributed by atoms with Crippen LogP contribution in [0.1, 0.15) is 6.92 Å². The van der Waals surface area contributed by atoms with Gasteiger partial charge >= 0.3 is 0 Å². The third kappa shape index (κ3) is 6.19. The highest BCUT2D eigenvalue weighted by molar-refractivity contribution is 7.62. The van der Waals surface area contributed by atoms with Crippen LogP contribution in [0.15, 0.2) is 0 Å². The van der Waals surface area contributed by atoms with Gasteiger partial charge in [-0.15, -0.1) is 0 Å². The van der Waals surface area contributed by atoms with E-state index in [0.717, 1.165) is 0 Å². The lowest BCUT2D eigenvalue weighted by molar-refractivity contribution is 0.218. The summed E-state index contributed by atoms with van der Waals surface area (Å²) in [7, 11) is -1.97. The fraction of sp³-hybridized carbons (Fsp3) is 1.00. The average Bonchev–Trinajstić information content (AvgIpc) is 1.21. The first-order valence-corrected chi connectivity index (χ1v) is 5.42. The quantitative estimate of drug-likeness (QED) is 0.575. The van der Waals surface area contributed by atoms with Gasteiger partial charge in [-0.3, -0.25) is 0 Å². The Morgan fingerprint density at radius 2 is 2.00 bits per heavy atom. The molecule has 0 rings (SSSR count). The molecule has 50 valence electrons. The molecule has 0 aromatic carbocycles. The molecule has 0 aliphatic carbocycles. The maximum atomic E-state index is 10.9. The smallest absolute Gasteiger partial charge is 0.0844 e. The van der Waals surface area contributed by atoms with Crippen LogP contribution < -0.4 is 0 Å². The summed E-state index contributed by atoms with van der Waals surface area (Å²) in [5, 5.41) is 8.72. The van der Waals surface area contributed by atoms with Crippen LogP contribution in [-0.2, 0) is 4.57 Å². The van der Waals surface area contributed by atoms with Gasteiger partial charge in [-0.2, -0.15) is 0 Å². The summed E-state index contributed by atoms with van der Waals surface area (Å²) >= 11 is 0. The number of rotatable bonds is 2. The van der Waals surface area contributed by atoms with E-state index in [0.29, 0.717) is 6.16 Å². The van der Waals surface area contributed by atoms with Gasteiger partial charge in [-0.05, 0) is 20.3 Å². The van der Waals surface area contributed by atoms with E-state index < -0.39 is 13.2 Å². The second-order valence-electron chi connectivity index (χ2n) is 2.61. The molecule has 1 unspecified atom stereocenters. The summed E-state index contributed by atoms with van der Waals surface area (Å²) in [5.74, 6) is 0. The highest BCUT2D eigenvalue weighted by atomic mass is 31.2. The van der Waals surface area contributed by atoms with Gasteiger partial charge in [0.2, 0.25) is 0 Å². The third-order valence-electron chi connectivity index (χ3n) is 0.704. The Kier molecular flexibility index (Phi) is 2.72. The summed E-state index contributed by atoms with van der Waals surface area (Å²) in [6.45, 7) is 5.01. The Bertz CT molecular complexity index is 103. The SMILES string of the molecule is CC(O)CP(C)(C)=O. The van der Waals surface area contributed by atoms with Gasteiger partial charge in [0.25, 0.3) is 0 Å². The third-order valence-corrected chi connectivity index (χ3v) is 2.11. The van der Waals surface area contributed by atoms with Crippen LogP contribution in [0.4, 0.5) is 0 Å². The maximum absolute atomic E-state index is 10.9. The largest absolute Gasteiger partial charge is 0.393 e. The minimum absolute atomic E-state index is 0.421. The number of aliphatic hydroxyl groups is 1. The van der Waals surface area contributed by atoms with Crippen molar-refractivity contribution in [3.05, 3.63) is 0 Å². The van der Waals surface area contributed by atoms with Crippen LogP contribution in [0.5, 0.6) is 0 Å². The fourth-order valence-corrected chi connectivity index (χ4v) is 1.91. The Morgan fingerprint density at radius 3 is 2.00 bits per heavy atom. The van der Waals surface area contributed by atoms with Gasteiger partial charge in [0.1, 0.15) is 0 Å². The van der Waals surface area contributed by atoms with Crippen molar-refractivity contribution in [1.29, 1.82) is 0 Å². The molecule has 0 heterocycles. The first kappa shape index (κ1) is 8.19. The van der Waals surface area contributed by atoms with Crippen molar-refractivity contribution in [1.82, 2.24) is 0 Å². The molecule has 0 fully saturated rings. The molecule has 0 bridgehead atoms. The predicted molar refractivity (Wildman–Crippen MR) is 36.0 cm³/mol. The molecule has 3 heteroatoms. The molecule has 0 aliphatic rings. The van der Waals surface area contributed by atoms with Crippen molar-refractivity contribution in [2.75, 3.05) is 19.5 Å². The van der Waals surface area contributed by atoms with Gasteiger partial charge in [0.05, 0.1) is 13.2 Å². The Labute approximate surface area is 50.3 Å². The lowest BCUT2D eigenvalue weighted by Crippen LogP contribution is -2.05. The van der Waals surface area contributed by atoms with E-state index in [9.17, 15) is 4.57 Å². The van der Waals surface area contributed by atoms with E-state index in [1.165, 1.54) is 0 Å². The minimum Gasteiger partial charge on any atom is -0.393 e. The Morgan fingerprint density at radius 1 is 1.62 bits per heavy atom. The first-order chi connectivity index (χ1) is 3.42. The number of aliphatic hydroxyl groups excluding tert-OH is 1. The summed E-state index contributed by atoms with van der Waals surface area (Å²) in [4.78, 5) is 0. The zero-order valence-corrected chi connectivity index (χ0v) is 6.48. The number of hydrogen-bond donors (Lipinski definition) is 1. The molecule has 0 amide bonds. The predicted octanol–water partition coefficient (Wildman–Crippen LogP) is 0.990. The summed E-state index contributed by atoms with van der Waals surface area (Å²) in [6, 6.07) is 0. The minimum atomic E-state index is -1.97. The van der Waals surface area contributed by atoms with Gasteiger partial charge in [0.15, 0.2) is 0 Å². The number of hydrogen-bond acceptors (Lipinski definition) is 2. The molecule has 8 heavy (non-hydrogen) atoms. The van der Waals surface area contributed by atoms with Crippen LogP contribution >= 0.6 is 7.14 Å². The van der Waals surface area contributed by atoms with Crippen molar-refractivity contribution in [3.63, 3.8) is 0 Å². The van der Waals surface area contributed by atoms with E-state index in [-0.39, 0.29) is 0 Å². The fourth-order valence-electron chi connectivity index (χ4n) is 0.636. The molecule has 1 atom stereocenters. The van der Waals surface area contributed by atoms with Crippen molar-refractivity contribution in [2.45, 2.75) is 13.0 Å². The van der Waals surface area contributed by atoms with Crippen LogP contribution in [0, 0.1) is 0 Å². The van der Waals surface area contributed by atoms with E-state index in [1.54, 1.807) is 20.3 Å². The van der Waals surface area contributed by atoms with Crippen LogP contribution in [0.3, 0.4) is 0 Å². The Hall–Kier alpha value is 0.190. The molecule has 0 aromatic heterocycles. The van der Waals surface area contributed by atoms with E-state index in [1.807, 2.05) is 0 Å². The van der Waals surface area contributed by atoms with Crippen molar-refractivity contribution in [3.8, 4) is 0 Å². The Balaban J connectivity index is 3.56. The molecule has 0 saturated carbocycles. The van der Waals surface area contributed by atoms with Gasteiger partial charge in [-0.1, -0.05) is 0 Å². The molecule has 0 aromatic rings. The van der Waals surface area contributed by atoms with Gasteiger partial charge in [0, 0.05) is 6.16 Å². The van der Waals surface area contributed by atoms with Crippen LogP contribution in [0.25, 0.3) is 0 Å². The zero-order chi connectivity index (χ0) is 6.78. The molecule has 0 spiro atoms. The zero-order valence-electron chi connectivity index (χ0n) is 5.59. The lowest BCUT2D eigenvalue weighted by atomic mass is 10.5. The summed E-state index contributed by atoms with van der Waals surface area (Å²) in [6.07, 6.45) is 0.0170. The standard InChI is InChI=1S/C5H13O2P/c1-5(6)4-8(2,3)7/h5-6H,4H2,1-3H3. The van der Waals surface area contributed by atoms with E-state index >= 15 is 0 Å². The molecule has 1 N–H and O–H groups in total. The highest BCUT2D eigenvalue weighted by Crippen LogP contribution is 2.35. The molecule has 0 aliphatic heterocycles. The topological polar surface area (TPSA) is 37.3 Å². The first-order valence-electron chi connectivity index (χ1n) is 2.64. The molecular weight excluding hydrogens is 123 g/mol. The second kappa shape index (κ2) is 2.65. The highest BCUT2D eigenvalue weighted by Gasteiger charge is 2.09. The van der Waals surface area contributed by atoms with Crippen molar-refractivity contribution < 1.29 is 9.67 Å². The average molecular weight is 136 g/mol. The maximum Gasteiger partial charge on any atom is 0.0844 e. The van der Waals surface area contributed by atoms with Crippen molar-refractivity contribution >= 4 is 7.14 Å². The van der Waals surface area contributed by atoms with Crippen molar-refractivity contribution in [2.24, 2.45) is 0 Å². The molecule has 2 nitrogen and oxygen atoms in total. The van der Waals surface area contributed by atoms with Crippen LogP contribution in [-0.4, -0.2) is 30.7 Å². The normalized spacial score (nSPS) is 16.0. The molecule has 0 saturated heterocycles. The lowest BCUT2D eigenvalue weighted by Gasteiger charge is -2.06. The second-order valence-corrected chi connectivity index (χ2v) is 6.12. The monoisotopic (exact) mass is 136 g/mol. The van der Waals surface area contributed by atoms with Crippen LogP contribution in [0.2, 0.25) is 0 Å². The summed E-state index contributed by atoms with van der Waals surface area (Å²) in [5.41, 5.74) is 0.